The average Bonchev–Trinajstić information content (AvgIpc) is 2.31. The first-order valence-corrected chi connectivity index (χ1v) is 6.95. The highest BCUT2D eigenvalue weighted by Crippen LogP contribution is 2.27. The van der Waals surface area contributed by atoms with Crippen LogP contribution in [0.15, 0.2) is 28.7 Å². The van der Waals surface area contributed by atoms with E-state index in [9.17, 15) is 5.11 Å². The number of hydrogen-bond donors (Lipinski definition) is 2. The fourth-order valence-electron chi connectivity index (χ4n) is 1.88. The Balaban J connectivity index is 2.97. The number of nitrogens with one attached hydrogen (secondary N) is 1. The normalized spacial score (nSPS) is 14.9. The molecule has 0 saturated heterocycles. The van der Waals surface area contributed by atoms with Gasteiger partial charge in [-0.05, 0) is 36.6 Å². The molecule has 0 aliphatic rings. The van der Waals surface area contributed by atoms with Crippen molar-refractivity contribution >= 4 is 15.9 Å². The third-order valence-electron chi connectivity index (χ3n) is 3.10. The Morgan fingerprint density at radius 1 is 1.41 bits per heavy atom. The number of aliphatic hydroxyl groups is 1. The van der Waals surface area contributed by atoms with Crippen LogP contribution in [0.5, 0.6) is 0 Å². The summed E-state index contributed by atoms with van der Waals surface area (Å²) in [6.07, 6.45) is 0.868. The average molecular weight is 300 g/mol. The van der Waals surface area contributed by atoms with Gasteiger partial charge in [-0.25, -0.2) is 0 Å². The number of hydrogen-bond acceptors (Lipinski definition) is 2. The van der Waals surface area contributed by atoms with Gasteiger partial charge in [0.1, 0.15) is 0 Å². The lowest BCUT2D eigenvalue weighted by Gasteiger charge is -2.33. The molecule has 1 aromatic rings. The van der Waals surface area contributed by atoms with Gasteiger partial charge in [0.25, 0.3) is 0 Å². The maximum Gasteiger partial charge on any atom is 0.0666 e. The number of halogens is 1. The summed E-state index contributed by atoms with van der Waals surface area (Å²) in [6, 6.07) is 8.16. The monoisotopic (exact) mass is 299 g/mol. The van der Waals surface area contributed by atoms with Crippen molar-refractivity contribution in [1.82, 2.24) is 5.32 Å². The second-order valence-electron chi connectivity index (χ2n) is 4.88. The number of aliphatic hydroxyl groups excluding tert-OH is 1. The first-order chi connectivity index (χ1) is 8.04. The van der Waals surface area contributed by atoms with E-state index in [2.05, 4.69) is 54.2 Å². The molecule has 1 rings (SSSR count). The zero-order chi connectivity index (χ0) is 12.9. The van der Waals surface area contributed by atoms with Crippen LogP contribution in [0.2, 0.25) is 0 Å². The Morgan fingerprint density at radius 2 is 2.12 bits per heavy atom. The van der Waals surface area contributed by atoms with Gasteiger partial charge in [-0.15, -0.1) is 0 Å². The molecular formula is C14H22BrNO. The molecule has 0 heterocycles. The topological polar surface area (TPSA) is 32.3 Å². The van der Waals surface area contributed by atoms with Gasteiger partial charge in [-0.1, -0.05) is 48.8 Å². The highest BCUT2D eigenvalue weighted by Gasteiger charge is 2.29. The van der Waals surface area contributed by atoms with Crippen molar-refractivity contribution < 1.29 is 5.11 Å². The molecule has 0 spiro atoms. The minimum absolute atomic E-state index is 0.118. The van der Waals surface area contributed by atoms with E-state index in [1.807, 2.05) is 12.1 Å². The molecule has 1 unspecified atom stereocenters. The predicted octanol–water partition coefficient (Wildman–Crippen LogP) is 3.29. The van der Waals surface area contributed by atoms with E-state index < -0.39 is 0 Å². The fraction of sp³-hybridized carbons (Fsp3) is 0.571. The smallest absolute Gasteiger partial charge is 0.0666 e. The molecule has 2 nitrogen and oxygen atoms in total. The van der Waals surface area contributed by atoms with Gasteiger partial charge in [0.2, 0.25) is 0 Å². The Hall–Kier alpha value is -0.380. The van der Waals surface area contributed by atoms with Gasteiger partial charge in [0.15, 0.2) is 0 Å². The molecule has 3 heteroatoms. The van der Waals surface area contributed by atoms with Gasteiger partial charge in [0, 0.05) is 4.47 Å². The van der Waals surface area contributed by atoms with Gasteiger partial charge in [0.05, 0.1) is 12.1 Å². The lowest BCUT2D eigenvalue weighted by atomic mass is 9.87. The van der Waals surface area contributed by atoms with Gasteiger partial charge in [-0.2, -0.15) is 0 Å². The van der Waals surface area contributed by atoms with Crippen molar-refractivity contribution in [3.8, 4) is 0 Å². The van der Waals surface area contributed by atoms with Crippen LogP contribution in [0.3, 0.4) is 0 Å². The largest absolute Gasteiger partial charge is 0.394 e. The van der Waals surface area contributed by atoms with Crippen LogP contribution in [-0.4, -0.2) is 18.3 Å². The van der Waals surface area contributed by atoms with Gasteiger partial charge in [-0.3, -0.25) is 0 Å². The summed E-state index contributed by atoms with van der Waals surface area (Å²) in [7, 11) is 0. The molecule has 0 saturated carbocycles. The number of rotatable bonds is 6. The van der Waals surface area contributed by atoms with Crippen molar-refractivity contribution in [3.05, 3.63) is 34.3 Å². The van der Waals surface area contributed by atoms with E-state index in [-0.39, 0.29) is 12.1 Å². The van der Waals surface area contributed by atoms with Crippen LogP contribution < -0.4 is 5.32 Å². The SMILES string of the molecule is CCC(CO)(NCC(C)C)c1cccc(Br)c1. The molecule has 2 N–H and O–H groups in total. The van der Waals surface area contributed by atoms with E-state index in [0.717, 1.165) is 23.0 Å². The first-order valence-electron chi connectivity index (χ1n) is 6.16. The standard InChI is InChI=1S/C14H22BrNO/c1-4-14(10-17,16-9-11(2)3)12-6-5-7-13(15)8-12/h5-8,11,16-17H,4,9-10H2,1-3H3. The fourth-order valence-corrected chi connectivity index (χ4v) is 2.28. The van der Waals surface area contributed by atoms with E-state index in [1.165, 1.54) is 0 Å². The molecule has 1 atom stereocenters. The molecular weight excluding hydrogens is 278 g/mol. The zero-order valence-corrected chi connectivity index (χ0v) is 12.4. The third kappa shape index (κ3) is 3.80. The van der Waals surface area contributed by atoms with Crippen LogP contribution in [0, 0.1) is 5.92 Å². The third-order valence-corrected chi connectivity index (χ3v) is 3.59. The summed E-state index contributed by atoms with van der Waals surface area (Å²) in [4.78, 5) is 0. The molecule has 0 amide bonds. The van der Waals surface area contributed by atoms with E-state index >= 15 is 0 Å². The second-order valence-corrected chi connectivity index (χ2v) is 5.79. The lowest BCUT2D eigenvalue weighted by Crippen LogP contribution is -2.46. The van der Waals surface area contributed by atoms with Crippen molar-refractivity contribution in [2.24, 2.45) is 5.92 Å². The molecule has 0 aliphatic heterocycles. The molecule has 0 aromatic heterocycles. The summed E-state index contributed by atoms with van der Waals surface area (Å²) in [5.74, 6) is 0.569. The molecule has 0 fully saturated rings. The van der Waals surface area contributed by atoms with Crippen LogP contribution >= 0.6 is 15.9 Å². The summed E-state index contributed by atoms with van der Waals surface area (Å²) in [5.41, 5.74) is 0.811. The summed E-state index contributed by atoms with van der Waals surface area (Å²) < 4.78 is 1.05. The van der Waals surface area contributed by atoms with Gasteiger partial charge >= 0.3 is 0 Å². The lowest BCUT2D eigenvalue weighted by molar-refractivity contribution is 0.151. The maximum absolute atomic E-state index is 9.76. The molecule has 17 heavy (non-hydrogen) atoms. The number of benzene rings is 1. The van der Waals surface area contributed by atoms with E-state index in [4.69, 9.17) is 0 Å². The highest BCUT2D eigenvalue weighted by molar-refractivity contribution is 9.10. The van der Waals surface area contributed by atoms with Crippen LogP contribution in [0.1, 0.15) is 32.8 Å². The highest BCUT2D eigenvalue weighted by atomic mass is 79.9. The van der Waals surface area contributed by atoms with Crippen LogP contribution in [-0.2, 0) is 5.54 Å². The Bertz CT molecular complexity index is 348. The molecule has 0 bridgehead atoms. The predicted molar refractivity (Wildman–Crippen MR) is 76.0 cm³/mol. The van der Waals surface area contributed by atoms with Crippen molar-refractivity contribution in [1.29, 1.82) is 0 Å². The Labute approximate surface area is 113 Å². The minimum Gasteiger partial charge on any atom is -0.394 e. The molecule has 0 aliphatic carbocycles. The summed E-state index contributed by atoms with van der Waals surface area (Å²) in [6.45, 7) is 7.47. The summed E-state index contributed by atoms with van der Waals surface area (Å²) >= 11 is 3.48. The van der Waals surface area contributed by atoms with Crippen molar-refractivity contribution in [2.75, 3.05) is 13.2 Å². The Kier molecular flexibility index (Phi) is 5.63. The van der Waals surface area contributed by atoms with E-state index in [1.54, 1.807) is 0 Å². The van der Waals surface area contributed by atoms with E-state index in [0.29, 0.717) is 5.92 Å². The second kappa shape index (κ2) is 6.53. The van der Waals surface area contributed by atoms with Gasteiger partial charge < -0.3 is 10.4 Å². The van der Waals surface area contributed by atoms with Crippen molar-refractivity contribution in [2.45, 2.75) is 32.7 Å². The molecule has 1 aromatic carbocycles. The molecule has 96 valence electrons. The van der Waals surface area contributed by atoms with Crippen LogP contribution in [0.25, 0.3) is 0 Å². The quantitative estimate of drug-likeness (QED) is 0.845. The summed E-state index contributed by atoms with van der Waals surface area (Å²) in [5, 5.41) is 13.3. The van der Waals surface area contributed by atoms with Crippen LogP contribution in [0.4, 0.5) is 0 Å². The molecule has 0 radical (unpaired) electrons. The Morgan fingerprint density at radius 3 is 2.59 bits per heavy atom. The first kappa shape index (κ1) is 14.7. The zero-order valence-electron chi connectivity index (χ0n) is 10.8. The minimum atomic E-state index is -0.325. The maximum atomic E-state index is 9.76. The van der Waals surface area contributed by atoms with Crippen molar-refractivity contribution in [3.63, 3.8) is 0 Å².